The van der Waals surface area contributed by atoms with Gasteiger partial charge in [-0.1, -0.05) is 66.2 Å². The number of nitrogens with zero attached hydrogens (tertiary/aromatic N) is 1. The number of halogens is 1. The Bertz CT molecular complexity index is 1640. The lowest BCUT2D eigenvalue weighted by molar-refractivity contribution is -0.122. The summed E-state index contributed by atoms with van der Waals surface area (Å²) in [5.41, 5.74) is 2.80. The Labute approximate surface area is 254 Å². The van der Waals surface area contributed by atoms with Crippen LogP contribution in [-0.2, 0) is 22.8 Å². The number of hydrogen-bond acceptors (Lipinski definition) is 6. The Kier molecular flexibility index (Phi) is 9.16. The van der Waals surface area contributed by atoms with E-state index in [-0.39, 0.29) is 17.3 Å². The van der Waals surface area contributed by atoms with Gasteiger partial charge in [0.25, 0.3) is 11.8 Å². The minimum absolute atomic E-state index is 0.0113. The first-order valence-corrected chi connectivity index (χ1v) is 14.0. The molecule has 0 atom stereocenters. The van der Waals surface area contributed by atoms with Crippen LogP contribution in [0.1, 0.15) is 23.6 Å². The minimum Gasteiger partial charge on any atom is -0.490 e. The second-order valence-electron chi connectivity index (χ2n) is 9.25. The normalized spacial score (nSPS) is 14.1. The number of para-hydroxylation sites is 1. The van der Waals surface area contributed by atoms with E-state index in [4.69, 9.17) is 38.0 Å². The van der Waals surface area contributed by atoms with Gasteiger partial charge in [-0.3, -0.25) is 19.8 Å². The molecule has 1 aliphatic heterocycles. The molecule has 9 heteroatoms. The quantitative estimate of drug-likeness (QED) is 0.124. The number of nitrogens with one attached hydrogen (secondary N) is 1. The number of anilines is 1. The highest BCUT2D eigenvalue weighted by Crippen LogP contribution is 2.32. The Balaban J connectivity index is 1.36. The van der Waals surface area contributed by atoms with Gasteiger partial charge in [0.05, 0.1) is 12.3 Å². The average Bonchev–Trinajstić information content (AvgIpc) is 2.99. The Hall–Kier alpha value is -4.66. The van der Waals surface area contributed by atoms with Crippen LogP contribution in [0.3, 0.4) is 0 Å². The Morgan fingerprint density at radius 3 is 2.19 bits per heavy atom. The predicted molar refractivity (Wildman–Crippen MR) is 167 cm³/mol. The number of hydrogen-bond donors (Lipinski definition) is 1. The van der Waals surface area contributed by atoms with Gasteiger partial charge in [0, 0.05) is 10.6 Å². The van der Waals surface area contributed by atoms with Crippen molar-refractivity contribution in [3.63, 3.8) is 0 Å². The Morgan fingerprint density at radius 2 is 1.45 bits per heavy atom. The maximum atomic E-state index is 13.4. The zero-order chi connectivity index (χ0) is 29.5. The molecule has 0 saturated carbocycles. The third kappa shape index (κ3) is 6.79. The van der Waals surface area contributed by atoms with Gasteiger partial charge in [-0.15, -0.1) is 0 Å². The molecule has 0 spiro atoms. The van der Waals surface area contributed by atoms with Crippen LogP contribution in [0.5, 0.6) is 17.2 Å². The van der Waals surface area contributed by atoms with Crippen molar-refractivity contribution in [2.75, 3.05) is 11.5 Å². The summed E-state index contributed by atoms with van der Waals surface area (Å²) in [6, 6.07) is 29.4. The first-order valence-electron chi connectivity index (χ1n) is 13.2. The summed E-state index contributed by atoms with van der Waals surface area (Å²) in [4.78, 5) is 27.5. The lowest BCUT2D eigenvalue weighted by atomic mass is 10.1. The van der Waals surface area contributed by atoms with Gasteiger partial charge in [0.2, 0.25) is 0 Å². The van der Waals surface area contributed by atoms with Crippen LogP contribution >= 0.6 is 23.8 Å². The molecule has 4 aromatic rings. The number of rotatable bonds is 10. The summed E-state index contributed by atoms with van der Waals surface area (Å²) in [5, 5.41) is 3.03. The van der Waals surface area contributed by atoms with Crippen molar-refractivity contribution in [2.24, 2.45) is 0 Å². The van der Waals surface area contributed by atoms with Crippen LogP contribution in [0.25, 0.3) is 6.08 Å². The minimum atomic E-state index is -0.601. The molecule has 0 aliphatic carbocycles. The molecule has 0 unspecified atom stereocenters. The van der Waals surface area contributed by atoms with Gasteiger partial charge in [-0.2, -0.15) is 0 Å². The molecule has 0 radical (unpaired) electrons. The SMILES string of the molecule is CCOc1cc(COc2ccc(Cl)cc2/C=C2/C(=O)NC(=S)N(c3ccccc3)C2=O)ccc1OCc1ccccc1. The summed E-state index contributed by atoms with van der Waals surface area (Å²) in [7, 11) is 0. The first kappa shape index (κ1) is 28.9. The summed E-state index contributed by atoms with van der Waals surface area (Å²) < 4.78 is 18.0. The molecular weight excluding hydrogens is 572 g/mol. The highest BCUT2D eigenvalue weighted by molar-refractivity contribution is 7.80. The fraction of sp³-hybridized carbons (Fsp3) is 0.121. The number of carbonyl (C=O) groups excluding carboxylic acids is 2. The van der Waals surface area contributed by atoms with E-state index in [9.17, 15) is 9.59 Å². The monoisotopic (exact) mass is 598 g/mol. The van der Waals surface area contributed by atoms with Gasteiger partial charge in [0.15, 0.2) is 16.6 Å². The molecule has 1 saturated heterocycles. The molecule has 1 aliphatic rings. The average molecular weight is 599 g/mol. The first-order chi connectivity index (χ1) is 20.4. The second kappa shape index (κ2) is 13.3. The third-order valence-electron chi connectivity index (χ3n) is 6.33. The van der Waals surface area contributed by atoms with E-state index in [1.807, 2.05) is 61.5 Å². The van der Waals surface area contributed by atoms with Crippen LogP contribution in [0.15, 0.2) is 103 Å². The molecule has 1 heterocycles. The molecule has 7 nitrogen and oxygen atoms in total. The molecule has 0 bridgehead atoms. The summed E-state index contributed by atoms with van der Waals surface area (Å²) in [6.07, 6.45) is 1.46. The molecule has 1 fully saturated rings. The van der Waals surface area contributed by atoms with Crippen LogP contribution in [0, 0.1) is 0 Å². The largest absolute Gasteiger partial charge is 0.490 e. The van der Waals surface area contributed by atoms with Crippen molar-refractivity contribution >= 4 is 52.5 Å². The Morgan fingerprint density at radius 1 is 0.786 bits per heavy atom. The maximum absolute atomic E-state index is 13.4. The lowest BCUT2D eigenvalue weighted by Crippen LogP contribution is -2.54. The van der Waals surface area contributed by atoms with Crippen LogP contribution in [-0.4, -0.2) is 23.5 Å². The van der Waals surface area contributed by atoms with Gasteiger partial charge in [-0.25, -0.2) is 0 Å². The molecule has 5 rings (SSSR count). The van der Waals surface area contributed by atoms with Crippen molar-refractivity contribution in [1.29, 1.82) is 0 Å². The highest BCUT2D eigenvalue weighted by Gasteiger charge is 2.34. The van der Waals surface area contributed by atoms with Gasteiger partial charge in [-0.05, 0) is 78.8 Å². The number of ether oxygens (including phenoxy) is 3. The van der Waals surface area contributed by atoms with Crippen molar-refractivity contribution in [2.45, 2.75) is 20.1 Å². The fourth-order valence-electron chi connectivity index (χ4n) is 4.31. The van der Waals surface area contributed by atoms with Crippen LogP contribution in [0.4, 0.5) is 5.69 Å². The van der Waals surface area contributed by atoms with Crippen LogP contribution < -0.4 is 24.4 Å². The summed E-state index contributed by atoms with van der Waals surface area (Å²) >= 11 is 11.6. The number of amides is 2. The zero-order valence-electron chi connectivity index (χ0n) is 22.7. The van der Waals surface area contributed by atoms with E-state index >= 15 is 0 Å². The van der Waals surface area contributed by atoms with Crippen molar-refractivity contribution in [3.8, 4) is 17.2 Å². The van der Waals surface area contributed by atoms with Crippen molar-refractivity contribution in [3.05, 3.63) is 124 Å². The lowest BCUT2D eigenvalue weighted by Gasteiger charge is -2.29. The standard InChI is InChI=1S/C33H27ClN2O5S/c1-2-39-30-17-23(13-15-29(30)41-20-22-9-5-3-6-10-22)21-40-28-16-14-25(34)18-24(28)19-27-31(37)35-33(42)36(32(27)38)26-11-7-4-8-12-26/h3-19H,2,20-21H2,1H3,(H,35,37,42)/b27-19-. The van der Waals surface area contributed by atoms with Crippen LogP contribution in [0.2, 0.25) is 5.02 Å². The molecular formula is C33H27ClN2O5S. The van der Waals surface area contributed by atoms with E-state index in [0.29, 0.717) is 46.7 Å². The van der Waals surface area contributed by atoms with E-state index in [2.05, 4.69) is 5.32 Å². The second-order valence-corrected chi connectivity index (χ2v) is 10.1. The molecule has 4 aromatic carbocycles. The topological polar surface area (TPSA) is 77.1 Å². The third-order valence-corrected chi connectivity index (χ3v) is 6.85. The van der Waals surface area contributed by atoms with E-state index in [1.165, 1.54) is 11.0 Å². The van der Waals surface area contributed by atoms with Crippen molar-refractivity contribution in [1.82, 2.24) is 5.32 Å². The fourth-order valence-corrected chi connectivity index (χ4v) is 4.78. The van der Waals surface area contributed by atoms with Gasteiger partial charge >= 0.3 is 0 Å². The molecule has 42 heavy (non-hydrogen) atoms. The predicted octanol–water partition coefficient (Wildman–Crippen LogP) is 6.73. The molecule has 0 aromatic heterocycles. The van der Waals surface area contributed by atoms with E-state index in [0.717, 1.165) is 11.1 Å². The van der Waals surface area contributed by atoms with E-state index < -0.39 is 11.8 Å². The summed E-state index contributed by atoms with van der Waals surface area (Å²) in [5.74, 6) is 0.525. The zero-order valence-corrected chi connectivity index (χ0v) is 24.3. The number of carbonyl (C=O) groups is 2. The number of thiocarbonyl (C=S) groups is 1. The molecule has 2 amide bonds. The smallest absolute Gasteiger partial charge is 0.270 e. The summed E-state index contributed by atoms with van der Waals surface area (Å²) in [6.45, 7) is 2.99. The number of benzene rings is 4. The molecule has 1 N–H and O–H groups in total. The maximum Gasteiger partial charge on any atom is 0.270 e. The van der Waals surface area contributed by atoms with Gasteiger partial charge < -0.3 is 14.2 Å². The van der Waals surface area contributed by atoms with Gasteiger partial charge in [0.1, 0.15) is 24.5 Å². The molecule has 212 valence electrons. The van der Waals surface area contributed by atoms with Crippen molar-refractivity contribution < 1.29 is 23.8 Å². The highest BCUT2D eigenvalue weighted by atomic mass is 35.5. The van der Waals surface area contributed by atoms with E-state index in [1.54, 1.807) is 42.5 Å².